The van der Waals surface area contributed by atoms with Crippen molar-refractivity contribution in [3.63, 3.8) is 0 Å². The predicted octanol–water partition coefficient (Wildman–Crippen LogP) is 0.425. The fourth-order valence-electron chi connectivity index (χ4n) is 2.90. The first-order valence-electron chi connectivity index (χ1n) is 6.01. The van der Waals surface area contributed by atoms with Crippen LogP contribution in [0.5, 0.6) is 0 Å². The summed E-state index contributed by atoms with van der Waals surface area (Å²) in [4.78, 5) is 0. The molecule has 86 valence electrons. The number of nitrogens with one attached hydrogen (secondary N) is 2. The summed E-state index contributed by atoms with van der Waals surface area (Å²) in [6.07, 6.45) is 1.67. The Morgan fingerprint density at radius 3 is 2.88 bits per heavy atom. The highest BCUT2D eigenvalue weighted by Gasteiger charge is 2.41. The van der Waals surface area contributed by atoms with Gasteiger partial charge in [-0.1, -0.05) is 24.3 Å². The molecule has 0 aromatic heterocycles. The lowest BCUT2D eigenvalue weighted by molar-refractivity contribution is 0.0287. The summed E-state index contributed by atoms with van der Waals surface area (Å²) in [6.45, 7) is 2.58. The SMILES string of the molecule is OC1CNCCC12Cc1ccccc1CN2. The number of hydrogen-bond acceptors (Lipinski definition) is 3. The van der Waals surface area contributed by atoms with Crippen molar-refractivity contribution < 1.29 is 5.11 Å². The van der Waals surface area contributed by atoms with Gasteiger partial charge in [0.1, 0.15) is 0 Å². The number of piperidine rings is 1. The van der Waals surface area contributed by atoms with Crippen molar-refractivity contribution in [1.29, 1.82) is 0 Å². The fraction of sp³-hybridized carbons (Fsp3) is 0.538. The quantitative estimate of drug-likeness (QED) is 0.591. The third kappa shape index (κ3) is 1.56. The van der Waals surface area contributed by atoms with Crippen LogP contribution >= 0.6 is 0 Å². The van der Waals surface area contributed by atoms with Crippen LogP contribution in [0, 0.1) is 0 Å². The fourth-order valence-corrected chi connectivity index (χ4v) is 2.90. The highest BCUT2D eigenvalue weighted by Crippen LogP contribution is 2.29. The number of hydrogen-bond donors (Lipinski definition) is 3. The topological polar surface area (TPSA) is 44.3 Å². The maximum atomic E-state index is 10.2. The van der Waals surface area contributed by atoms with Crippen LogP contribution in [0.4, 0.5) is 0 Å². The molecule has 3 rings (SSSR count). The molecule has 1 fully saturated rings. The number of rotatable bonds is 0. The highest BCUT2D eigenvalue weighted by molar-refractivity contribution is 5.32. The van der Waals surface area contributed by atoms with Crippen LogP contribution in [0.15, 0.2) is 24.3 Å². The molecule has 2 aliphatic rings. The van der Waals surface area contributed by atoms with Crippen molar-refractivity contribution in [2.75, 3.05) is 13.1 Å². The number of benzene rings is 1. The first kappa shape index (κ1) is 10.3. The molecule has 3 heteroatoms. The van der Waals surface area contributed by atoms with E-state index in [-0.39, 0.29) is 11.6 Å². The van der Waals surface area contributed by atoms with Gasteiger partial charge in [0.2, 0.25) is 0 Å². The summed E-state index contributed by atoms with van der Waals surface area (Å²) in [5, 5.41) is 17.0. The number of aliphatic hydroxyl groups is 1. The van der Waals surface area contributed by atoms with Gasteiger partial charge >= 0.3 is 0 Å². The van der Waals surface area contributed by atoms with E-state index in [1.165, 1.54) is 11.1 Å². The zero-order valence-electron chi connectivity index (χ0n) is 9.37. The van der Waals surface area contributed by atoms with Crippen LogP contribution in [-0.4, -0.2) is 29.8 Å². The Balaban J connectivity index is 1.91. The van der Waals surface area contributed by atoms with E-state index < -0.39 is 0 Å². The van der Waals surface area contributed by atoms with E-state index in [9.17, 15) is 5.11 Å². The Labute approximate surface area is 95.9 Å². The first-order chi connectivity index (χ1) is 7.80. The van der Waals surface area contributed by atoms with Crippen LogP contribution in [0.2, 0.25) is 0 Å². The van der Waals surface area contributed by atoms with E-state index in [0.717, 1.165) is 25.9 Å². The highest BCUT2D eigenvalue weighted by atomic mass is 16.3. The van der Waals surface area contributed by atoms with Gasteiger partial charge in [-0.3, -0.25) is 0 Å². The van der Waals surface area contributed by atoms with Gasteiger partial charge in [-0.15, -0.1) is 0 Å². The summed E-state index contributed by atoms with van der Waals surface area (Å²) in [5.41, 5.74) is 2.67. The second-order valence-corrected chi connectivity index (χ2v) is 4.93. The lowest BCUT2D eigenvalue weighted by Crippen LogP contribution is -2.64. The third-order valence-electron chi connectivity index (χ3n) is 3.98. The van der Waals surface area contributed by atoms with Crippen molar-refractivity contribution >= 4 is 0 Å². The summed E-state index contributed by atoms with van der Waals surface area (Å²) in [7, 11) is 0. The Hall–Kier alpha value is -0.900. The molecule has 0 bridgehead atoms. The molecule has 2 aliphatic heterocycles. The molecule has 0 amide bonds. The summed E-state index contributed by atoms with van der Waals surface area (Å²) in [5.74, 6) is 0. The standard InChI is InChI=1S/C13H18N2O/c16-12-9-14-6-5-13(12)7-10-3-1-2-4-11(10)8-15-13/h1-4,12,14-16H,5-9H2. The van der Waals surface area contributed by atoms with Gasteiger partial charge in [0.25, 0.3) is 0 Å². The van der Waals surface area contributed by atoms with Crippen molar-refractivity contribution in [2.45, 2.75) is 31.0 Å². The molecule has 0 saturated carbocycles. The maximum absolute atomic E-state index is 10.2. The van der Waals surface area contributed by atoms with Crippen LogP contribution in [0.25, 0.3) is 0 Å². The van der Waals surface area contributed by atoms with E-state index in [0.29, 0.717) is 6.54 Å². The van der Waals surface area contributed by atoms with Crippen molar-refractivity contribution in [3.05, 3.63) is 35.4 Å². The smallest absolute Gasteiger partial charge is 0.0849 e. The summed E-state index contributed by atoms with van der Waals surface area (Å²) < 4.78 is 0. The van der Waals surface area contributed by atoms with Gasteiger partial charge in [-0.2, -0.15) is 0 Å². The predicted molar refractivity (Wildman–Crippen MR) is 63.2 cm³/mol. The lowest BCUT2D eigenvalue weighted by atomic mass is 9.76. The van der Waals surface area contributed by atoms with E-state index in [2.05, 4.69) is 34.9 Å². The lowest BCUT2D eigenvalue weighted by Gasteiger charge is -2.45. The molecule has 2 atom stereocenters. The normalized spacial score (nSPS) is 33.7. The van der Waals surface area contributed by atoms with Gasteiger partial charge < -0.3 is 15.7 Å². The average molecular weight is 218 g/mol. The van der Waals surface area contributed by atoms with E-state index in [1.807, 2.05) is 0 Å². The largest absolute Gasteiger partial charge is 0.390 e. The summed E-state index contributed by atoms with van der Waals surface area (Å²) in [6, 6.07) is 8.53. The molecule has 1 saturated heterocycles. The first-order valence-corrected chi connectivity index (χ1v) is 6.01. The molecule has 2 unspecified atom stereocenters. The molecular weight excluding hydrogens is 200 g/mol. The Morgan fingerprint density at radius 1 is 1.25 bits per heavy atom. The van der Waals surface area contributed by atoms with Gasteiger partial charge in [-0.25, -0.2) is 0 Å². The van der Waals surface area contributed by atoms with Gasteiger partial charge in [0.15, 0.2) is 0 Å². The van der Waals surface area contributed by atoms with Crippen LogP contribution in [-0.2, 0) is 13.0 Å². The van der Waals surface area contributed by atoms with E-state index in [1.54, 1.807) is 0 Å². The van der Waals surface area contributed by atoms with Crippen molar-refractivity contribution in [2.24, 2.45) is 0 Å². The zero-order valence-corrected chi connectivity index (χ0v) is 9.37. The molecule has 1 aromatic rings. The second kappa shape index (κ2) is 3.84. The monoisotopic (exact) mass is 218 g/mol. The van der Waals surface area contributed by atoms with E-state index in [4.69, 9.17) is 0 Å². The number of β-amino-alcohol motifs (C(OH)–C–C–N with tert-alkyl or cyclic N) is 1. The maximum Gasteiger partial charge on any atom is 0.0849 e. The Morgan fingerprint density at radius 2 is 2.06 bits per heavy atom. The Kier molecular flexibility index (Phi) is 2.46. The molecule has 0 aliphatic carbocycles. The molecule has 3 N–H and O–H groups in total. The van der Waals surface area contributed by atoms with Gasteiger partial charge in [0.05, 0.1) is 11.6 Å². The Bertz CT molecular complexity index is 393. The number of aliphatic hydroxyl groups excluding tert-OH is 1. The van der Waals surface area contributed by atoms with Gasteiger partial charge in [0, 0.05) is 13.1 Å². The zero-order chi connectivity index (χ0) is 11.0. The number of fused-ring (bicyclic) bond motifs is 1. The minimum atomic E-state index is -0.283. The average Bonchev–Trinajstić information content (AvgIpc) is 2.33. The molecule has 1 spiro atoms. The van der Waals surface area contributed by atoms with Crippen LogP contribution in [0.3, 0.4) is 0 Å². The third-order valence-corrected chi connectivity index (χ3v) is 3.98. The van der Waals surface area contributed by atoms with Crippen LogP contribution in [0.1, 0.15) is 17.5 Å². The second-order valence-electron chi connectivity index (χ2n) is 4.93. The van der Waals surface area contributed by atoms with Crippen LogP contribution < -0.4 is 10.6 Å². The molecule has 16 heavy (non-hydrogen) atoms. The molecule has 1 aromatic carbocycles. The van der Waals surface area contributed by atoms with E-state index >= 15 is 0 Å². The summed E-state index contributed by atoms with van der Waals surface area (Å²) >= 11 is 0. The molecule has 2 heterocycles. The molecule has 3 nitrogen and oxygen atoms in total. The minimum Gasteiger partial charge on any atom is -0.390 e. The minimum absolute atomic E-state index is 0.0976. The van der Waals surface area contributed by atoms with Crippen molar-refractivity contribution in [3.8, 4) is 0 Å². The van der Waals surface area contributed by atoms with Crippen molar-refractivity contribution in [1.82, 2.24) is 10.6 Å². The molecule has 0 radical (unpaired) electrons. The van der Waals surface area contributed by atoms with Gasteiger partial charge in [-0.05, 0) is 30.5 Å². The molecular formula is C13H18N2O.